The van der Waals surface area contributed by atoms with Crippen LogP contribution in [0.2, 0.25) is 0 Å². The second-order valence-corrected chi connectivity index (χ2v) is 11.9. The molecule has 3 aromatic heterocycles. The number of rotatable bonds is 1. The zero-order valence-corrected chi connectivity index (χ0v) is 21.4. The molecule has 0 atom stereocenters. The molecule has 0 N–H and O–H groups in total. The van der Waals surface area contributed by atoms with Crippen LogP contribution in [0.1, 0.15) is 0 Å². The SMILES string of the molecule is c1ccc2c(c1)ccc1c2sc2ccc3c4ccccc4n(-c4ccc5c(c4)sc4ccccc45)c3c21. The zero-order chi connectivity index (χ0) is 24.1. The van der Waals surface area contributed by atoms with Crippen molar-refractivity contribution in [3.63, 3.8) is 0 Å². The highest BCUT2D eigenvalue weighted by Gasteiger charge is 2.19. The van der Waals surface area contributed by atoms with Crippen molar-refractivity contribution in [3.05, 3.63) is 115 Å². The van der Waals surface area contributed by atoms with Crippen molar-refractivity contribution in [1.82, 2.24) is 4.57 Å². The fraction of sp³-hybridized carbons (Fsp3) is 0. The first-order valence-electron chi connectivity index (χ1n) is 12.5. The number of hydrogen-bond acceptors (Lipinski definition) is 2. The Balaban J connectivity index is 1.47. The smallest absolute Gasteiger partial charge is 0.0634 e. The average molecular weight is 506 g/mol. The molecule has 0 radical (unpaired) electrons. The van der Waals surface area contributed by atoms with Gasteiger partial charge >= 0.3 is 0 Å². The number of fused-ring (bicyclic) bond motifs is 12. The average Bonchev–Trinajstić information content (AvgIpc) is 3.61. The van der Waals surface area contributed by atoms with Gasteiger partial charge in [-0.15, -0.1) is 22.7 Å². The molecular formula is C34H19NS2. The minimum absolute atomic E-state index is 1.22. The standard InChI is InChI=1S/C34H19NS2/c1-2-8-22-20(7-1)13-15-27-32-30(37-34(22)27)18-17-26-23-9-3-5-11-28(23)35(33(26)32)21-14-16-25-24-10-4-6-12-29(24)36-31(25)19-21/h1-19H. The molecule has 0 fully saturated rings. The van der Waals surface area contributed by atoms with Crippen LogP contribution in [0.15, 0.2) is 115 Å². The molecule has 0 unspecified atom stereocenters. The van der Waals surface area contributed by atoms with Gasteiger partial charge in [0.05, 0.1) is 11.0 Å². The summed E-state index contributed by atoms with van der Waals surface area (Å²) in [4.78, 5) is 0. The van der Waals surface area contributed by atoms with E-state index in [0.29, 0.717) is 0 Å². The van der Waals surface area contributed by atoms with E-state index >= 15 is 0 Å². The molecule has 0 aliphatic carbocycles. The molecule has 37 heavy (non-hydrogen) atoms. The maximum atomic E-state index is 2.50. The lowest BCUT2D eigenvalue weighted by atomic mass is 10.0. The van der Waals surface area contributed by atoms with E-state index in [2.05, 4.69) is 120 Å². The van der Waals surface area contributed by atoms with Gasteiger partial charge < -0.3 is 4.57 Å². The molecule has 0 saturated carbocycles. The van der Waals surface area contributed by atoms with Gasteiger partial charge in [0.25, 0.3) is 0 Å². The molecule has 1 nitrogen and oxygen atoms in total. The first-order chi connectivity index (χ1) is 18.3. The Morgan fingerprint density at radius 3 is 2.14 bits per heavy atom. The number of benzene rings is 6. The zero-order valence-electron chi connectivity index (χ0n) is 19.7. The number of thiophene rings is 2. The maximum absolute atomic E-state index is 2.50. The molecule has 0 aliphatic rings. The van der Waals surface area contributed by atoms with E-state index in [1.807, 2.05) is 22.7 Å². The van der Waals surface area contributed by atoms with Gasteiger partial charge in [0.2, 0.25) is 0 Å². The summed E-state index contributed by atoms with van der Waals surface area (Å²) in [7, 11) is 0. The number of nitrogens with zero attached hydrogens (tertiary/aromatic N) is 1. The van der Waals surface area contributed by atoms with E-state index in [1.165, 1.54) is 78.6 Å². The first-order valence-corrected chi connectivity index (χ1v) is 14.2. The summed E-state index contributed by atoms with van der Waals surface area (Å²) in [6.07, 6.45) is 0. The predicted molar refractivity (Wildman–Crippen MR) is 164 cm³/mol. The van der Waals surface area contributed by atoms with Crippen molar-refractivity contribution in [1.29, 1.82) is 0 Å². The summed E-state index contributed by atoms with van der Waals surface area (Å²) >= 11 is 3.80. The van der Waals surface area contributed by atoms with Gasteiger partial charge in [-0.2, -0.15) is 0 Å². The fourth-order valence-electron chi connectivity index (χ4n) is 6.17. The molecule has 0 spiro atoms. The summed E-state index contributed by atoms with van der Waals surface area (Å²) in [6.45, 7) is 0. The largest absolute Gasteiger partial charge is 0.309 e. The highest BCUT2D eigenvalue weighted by Crippen LogP contribution is 2.45. The minimum Gasteiger partial charge on any atom is -0.309 e. The predicted octanol–water partition coefficient (Wildman–Crippen LogP) is 10.7. The molecule has 0 amide bonds. The Labute approximate surface area is 220 Å². The fourth-order valence-corrected chi connectivity index (χ4v) is 8.55. The topological polar surface area (TPSA) is 4.93 Å². The van der Waals surface area contributed by atoms with Gasteiger partial charge in [-0.1, -0.05) is 84.9 Å². The van der Waals surface area contributed by atoms with Crippen LogP contribution < -0.4 is 0 Å². The van der Waals surface area contributed by atoms with Gasteiger partial charge in [0.1, 0.15) is 0 Å². The highest BCUT2D eigenvalue weighted by molar-refractivity contribution is 7.27. The second-order valence-electron chi connectivity index (χ2n) is 9.73. The van der Waals surface area contributed by atoms with Crippen molar-refractivity contribution in [2.75, 3.05) is 0 Å². The van der Waals surface area contributed by atoms with Crippen LogP contribution in [0, 0.1) is 0 Å². The van der Waals surface area contributed by atoms with Gasteiger partial charge in [0, 0.05) is 56.8 Å². The highest BCUT2D eigenvalue weighted by atomic mass is 32.1. The summed E-state index contributed by atoms with van der Waals surface area (Å²) in [6, 6.07) is 42.6. The Hall–Kier alpha value is -4.18. The molecule has 0 bridgehead atoms. The van der Waals surface area contributed by atoms with Gasteiger partial charge in [-0.3, -0.25) is 0 Å². The first kappa shape index (κ1) is 19.9. The van der Waals surface area contributed by atoms with Crippen LogP contribution in [-0.2, 0) is 0 Å². The quantitative estimate of drug-likeness (QED) is 0.209. The van der Waals surface area contributed by atoms with E-state index in [9.17, 15) is 0 Å². The third-order valence-corrected chi connectivity index (χ3v) is 10.1. The summed E-state index contributed by atoms with van der Waals surface area (Å²) in [5.41, 5.74) is 3.78. The van der Waals surface area contributed by atoms with Crippen molar-refractivity contribution < 1.29 is 0 Å². The monoisotopic (exact) mass is 505 g/mol. The van der Waals surface area contributed by atoms with Crippen molar-refractivity contribution >= 4 is 95.6 Å². The van der Waals surface area contributed by atoms with Crippen LogP contribution in [0.3, 0.4) is 0 Å². The number of aromatic nitrogens is 1. The van der Waals surface area contributed by atoms with Crippen LogP contribution >= 0.6 is 22.7 Å². The van der Waals surface area contributed by atoms with Crippen LogP contribution in [0.4, 0.5) is 0 Å². The maximum Gasteiger partial charge on any atom is 0.0634 e. The van der Waals surface area contributed by atoms with Crippen molar-refractivity contribution in [2.24, 2.45) is 0 Å². The number of hydrogen-bond donors (Lipinski definition) is 0. The van der Waals surface area contributed by atoms with Crippen LogP contribution in [-0.4, -0.2) is 4.57 Å². The van der Waals surface area contributed by atoms with Gasteiger partial charge in [-0.25, -0.2) is 0 Å². The molecule has 3 heteroatoms. The third kappa shape index (κ3) is 2.63. The summed E-state index contributed by atoms with van der Waals surface area (Å²) < 4.78 is 7.88. The molecule has 172 valence electrons. The Bertz CT molecular complexity index is 2360. The number of para-hydroxylation sites is 1. The Kier molecular flexibility index (Phi) is 3.88. The minimum atomic E-state index is 1.22. The van der Waals surface area contributed by atoms with Crippen molar-refractivity contribution in [2.45, 2.75) is 0 Å². The van der Waals surface area contributed by atoms with Crippen LogP contribution in [0.25, 0.3) is 78.6 Å². The molecule has 9 rings (SSSR count). The van der Waals surface area contributed by atoms with E-state index in [1.54, 1.807) is 0 Å². The molecule has 3 heterocycles. The second kappa shape index (κ2) is 7.19. The lowest BCUT2D eigenvalue weighted by molar-refractivity contribution is 1.19. The summed E-state index contributed by atoms with van der Waals surface area (Å²) in [5.74, 6) is 0. The molecule has 9 aromatic rings. The Morgan fingerprint density at radius 1 is 0.459 bits per heavy atom. The lowest BCUT2D eigenvalue weighted by Crippen LogP contribution is -1.93. The van der Waals surface area contributed by atoms with E-state index in [-0.39, 0.29) is 0 Å². The van der Waals surface area contributed by atoms with E-state index in [0.717, 1.165) is 0 Å². The van der Waals surface area contributed by atoms with Gasteiger partial charge in [0.15, 0.2) is 0 Å². The van der Waals surface area contributed by atoms with E-state index in [4.69, 9.17) is 0 Å². The van der Waals surface area contributed by atoms with Crippen molar-refractivity contribution in [3.8, 4) is 5.69 Å². The normalized spacial score (nSPS) is 12.3. The molecule has 6 aromatic carbocycles. The lowest BCUT2D eigenvalue weighted by Gasteiger charge is -2.09. The molecule has 0 aliphatic heterocycles. The van der Waals surface area contributed by atoms with Crippen LogP contribution in [0.5, 0.6) is 0 Å². The summed E-state index contributed by atoms with van der Waals surface area (Å²) in [5, 5.41) is 10.6. The Morgan fingerprint density at radius 2 is 1.19 bits per heavy atom. The molecular weight excluding hydrogens is 487 g/mol. The third-order valence-electron chi connectivity index (χ3n) is 7.78. The molecule has 0 saturated heterocycles. The van der Waals surface area contributed by atoms with E-state index < -0.39 is 0 Å². The van der Waals surface area contributed by atoms with Gasteiger partial charge in [-0.05, 0) is 41.1 Å².